The predicted molar refractivity (Wildman–Crippen MR) is 200 cm³/mol. The van der Waals surface area contributed by atoms with E-state index in [0.717, 1.165) is 76.4 Å². The minimum Gasteiger partial charge on any atom is -0.379 e. The average molecular weight is 721 g/mol. The second kappa shape index (κ2) is 15.9. The predicted octanol–water partition coefficient (Wildman–Crippen LogP) is 7.55. The standard InChI is InChI=1S/C20H19ClN4O.C19H16ClN3O2/c21-16-7-4-14(5-8-16)17-13-22-12-15-6-9-18(23-19(15)17)20(26)24-25-10-2-1-3-11-25;20-14-4-1-12(2-5-14)16-10-21-9-13-3-6-17(23-18(13)16)19(24)22-15-7-8-25-11-15/h4-9,12-13H,1-3,10-11H2,(H,24,26);1-6,9-10,15H,7-8,11H2,(H,22,24). The van der Waals surface area contributed by atoms with Crippen molar-refractivity contribution in [3.05, 3.63) is 119 Å². The Bertz CT molecular complexity index is 2170. The molecule has 1 atom stereocenters. The molecule has 0 bridgehead atoms. The van der Waals surface area contributed by atoms with Crippen LogP contribution in [-0.4, -0.2) is 69.1 Å². The first-order chi connectivity index (χ1) is 24.9. The molecule has 1 unspecified atom stereocenters. The number of hydrogen-bond acceptors (Lipinski definition) is 8. The second-order valence-corrected chi connectivity index (χ2v) is 13.3. The van der Waals surface area contributed by atoms with Gasteiger partial charge in [0.05, 0.1) is 23.7 Å². The van der Waals surface area contributed by atoms with Gasteiger partial charge in [0, 0.05) is 76.4 Å². The lowest BCUT2D eigenvalue weighted by Gasteiger charge is -2.26. The Labute approximate surface area is 305 Å². The number of hydrogen-bond donors (Lipinski definition) is 2. The molecule has 6 heterocycles. The van der Waals surface area contributed by atoms with Gasteiger partial charge in [-0.3, -0.25) is 25.0 Å². The van der Waals surface area contributed by atoms with Gasteiger partial charge in [0.25, 0.3) is 11.8 Å². The summed E-state index contributed by atoms with van der Waals surface area (Å²) in [5, 5.41) is 8.07. The number of benzene rings is 2. The van der Waals surface area contributed by atoms with Gasteiger partial charge in [0.1, 0.15) is 11.4 Å². The third-order valence-electron chi connectivity index (χ3n) is 8.85. The van der Waals surface area contributed by atoms with Crippen LogP contribution >= 0.6 is 23.2 Å². The van der Waals surface area contributed by atoms with E-state index in [1.807, 2.05) is 65.7 Å². The van der Waals surface area contributed by atoms with E-state index in [-0.39, 0.29) is 17.9 Å². The van der Waals surface area contributed by atoms with E-state index in [1.165, 1.54) is 6.42 Å². The van der Waals surface area contributed by atoms with Gasteiger partial charge >= 0.3 is 0 Å². The van der Waals surface area contributed by atoms with Crippen molar-refractivity contribution in [1.29, 1.82) is 0 Å². The molecule has 2 N–H and O–H groups in total. The van der Waals surface area contributed by atoms with Gasteiger partial charge in [-0.05, 0) is 78.9 Å². The minimum absolute atomic E-state index is 0.0539. The summed E-state index contributed by atoms with van der Waals surface area (Å²) in [4.78, 5) is 42.9. The monoisotopic (exact) mass is 719 g/mol. The van der Waals surface area contributed by atoms with E-state index in [0.29, 0.717) is 34.6 Å². The van der Waals surface area contributed by atoms with Gasteiger partial charge in [-0.25, -0.2) is 15.0 Å². The Morgan fingerprint density at radius 1 is 0.667 bits per heavy atom. The molecule has 2 aromatic carbocycles. The average Bonchev–Trinajstić information content (AvgIpc) is 3.68. The molecule has 51 heavy (non-hydrogen) atoms. The Balaban J connectivity index is 0.000000159. The van der Waals surface area contributed by atoms with E-state index in [9.17, 15) is 9.59 Å². The number of halogens is 2. The third kappa shape index (κ3) is 8.32. The molecule has 0 aliphatic carbocycles. The summed E-state index contributed by atoms with van der Waals surface area (Å²) >= 11 is 12.0. The van der Waals surface area contributed by atoms with Gasteiger partial charge in [-0.15, -0.1) is 0 Å². The Hall–Kier alpha value is -5.00. The number of piperidine rings is 1. The summed E-state index contributed by atoms with van der Waals surface area (Å²) in [5.74, 6) is -0.357. The van der Waals surface area contributed by atoms with Gasteiger partial charge in [0.15, 0.2) is 0 Å². The molecule has 0 radical (unpaired) electrons. The summed E-state index contributed by atoms with van der Waals surface area (Å²) in [7, 11) is 0. The lowest BCUT2D eigenvalue weighted by atomic mass is 10.0. The maximum Gasteiger partial charge on any atom is 0.284 e. The van der Waals surface area contributed by atoms with Gasteiger partial charge in [-0.2, -0.15) is 0 Å². The van der Waals surface area contributed by atoms with Crippen molar-refractivity contribution in [2.45, 2.75) is 31.7 Å². The number of amides is 2. The number of carbonyl (C=O) groups is 2. The van der Waals surface area contributed by atoms with Crippen LogP contribution in [0.5, 0.6) is 0 Å². The highest BCUT2D eigenvalue weighted by molar-refractivity contribution is 6.31. The van der Waals surface area contributed by atoms with Crippen molar-refractivity contribution >= 4 is 56.8 Å². The van der Waals surface area contributed by atoms with Crippen molar-refractivity contribution in [2.75, 3.05) is 26.3 Å². The zero-order chi connectivity index (χ0) is 35.2. The van der Waals surface area contributed by atoms with Gasteiger partial charge in [-0.1, -0.05) is 53.9 Å². The van der Waals surface area contributed by atoms with Crippen LogP contribution in [0.15, 0.2) is 97.6 Å². The fourth-order valence-corrected chi connectivity index (χ4v) is 6.39. The number of hydrazine groups is 1. The van der Waals surface area contributed by atoms with Crippen molar-refractivity contribution in [3.63, 3.8) is 0 Å². The molecule has 0 spiro atoms. The minimum atomic E-state index is -0.184. The van der Waals surface area contributed by atoms with E-state index in [4.69, 9.17) is 27.9 Å². The Kier molecular flexibility index (Phi) is 10.7. The summed E-state index contributed by atoms with van der Waals surface area (Å²) < 4.78 is 5.30. The molecule has 0 saturated carbocycles. The van der Waals surface area contributed by atoms with Crippen molar-refractivity contribution in [1.82, 2.24) is 35.7 Å². The third-order valence-corrected chi connectivity index (χ3v) is 9.36. The van der Waals surface area contributed by atoms with Crippen LogP contribution < -0.4 is 10.7 Å². The molecule has 8 rings (SSSR count). The Morgan fingerprint density at radius 2 is 1.20 bits per heavy atom. The number of carbonyl (C=O) groups excluding carboxylic acids is 2. The van der Waals surface area contributed by atoms with Crippen LogP contribution in [0.3, 0.4) is 0 Å². The summed E-state index contributed by atoms with van der Waals surface area (Å²) in [6, 6.07) is 22.3. The van der Waals surface area contributed by atoms with Crippen LogP contribution in [0, 0.1) is 0 Å². The van der Waals surface area contributed by atoms with E-state index >= 15 is 0 Å². The number of ether oxygens (including phenoxy) is 1. The highest BCUT2D eigenvalue weighted by Gasteiger charge is 2.20. The molecule has 2 saturated heterocycles. The number of nitrogens with zero attached hydrogens (tertiary/aromatic N) is 5. The normalized spacial score (nSPS) is 16.0. The zero-order valence-electron chi connectivity index (χ0n) is 27.7. The van der Waals surface area contributed by atoms with Crippen LogP contribution in [0.2, 0.25) is 10.0 Å². The van der Waals surface area contributed by atoms with E-state index < -0.39 is 0 Å². The topological polar surface area (TPSA) is 122 Å². The molecule has 2 aliphatic heterocycles. The van der Waals surface area contributed by atoms with Crippen molar-refractivity contribution < 1.29 is 14.3 Å². The maximum absolute atomic E-state index is 12.6. The van der Waals surface area contributed by atoms with Crippen LogP contribution in [0.1, 0.15) is 46.7 Å². The molecule has 2 aliphatic rings. The quantitative estimate of drug-likeness (QED) is 0.181. The molecular weight excluding hydrogens is 685 g/mol. The maximum atomic E-state index is 12.6. The highest BCUT2D eigenvalue weighted by Crippen LogP contribution is 2.29. The van der Waals surface area contributed by atoms with Crippen molar-refractivity contribution in [2.24, 2.45) is 0 Å². The molecule has 10 nitrogen and oxygen atoms in total. The summed E-state index contributed by atoms with van der Waals surface area (Å²) in [6.45, 7) is 3.01. The molecule has 12 heteroatoms. The molecule has 4 aromatic heterocycles. The lowest BCUT2D eigenvalue weighted by Crippen LogP contribution is -2.45. The number of fused-ring (bicyclic) bond motifs is 2. The SMILES string of the molecule is O=C(NC1CCOC1)c1ccc2cncc(-c3ccc(Cl)cc3)c2n1.O=C(NN1CCCCC1)c1ccc2cncc(-c3ccc(Cl)cc3)c2n1. The molecule has 258 valence electrons. The molecular formula is C39H35Cl2N7O3. The van der Waals surface area contributed by atoms with Gasteiger partial charge in [0.2, 0.25) is 0 Å². The Morgan fingerprint density at radius 3 is 1.71 bits per heavy atom. The number of nitrogens with one attached hydrogen (secondary N) is 2. The molecule has 2 fully saturated rings. The van der Waals surface area contributed by atoms with Gasteiger partial charge < -0.3 is 10.1 Å². The summed E-state index contributed by atoms with van der Waals surface area (Å²) in [5.41, 5.74) is 8.93. The molecule has 6 aromatic rings. The van der Waals surface area contributed by atoms with Crippen LogP contribution in [-0.2, 0) is 4.74 Å². The number of pyridine rings is 4. The van der Waals surface area contributed by atoms with Crippen LogP contribution in [0.4, 0.5) is 0 Å². The lowest BCUT2D eigenvalue weighted by molar-refractivity contribution is 0.0745. The second-order valence-electron chi connectivity index (χ2n) is 12.4. The summed E-state index contributed by atoms with van der Waals surface area (Å²) in [6.07, 6.45) is 11.3. The van der Waals surface area contributed by atoms with Crippen LogP contribution in [0.25, 0.3) is 44.1 Å². The largest absolute Gasteiger partial charge is 0.379 e. The molecule has 2 amide bonds. The number of rotatable bonds is 6. The first kappa shape index (κ1) is 34.4. The highest BCUT2D eigenvalue weighted by atomic mass is 35.5. The fraction of sp³-hybridized carbons (Fsp3) is 0.231. The zero-order valence-corrected chi connectivity index (χ0v) is 29.2. The van der Waals surface area contributed by atoms with E-state index in [2.05, 4.69) is 30.7 Å². The smallest absolute Gasteiger partial charge is 0.284 e. The van der Waals surface area contributed by atoms with E-state index in [1.54, 1.807) is 36.9 Å². The number of aromatic nitrogens is 4. The fourth-order valence-electron chi connectivity index (χ4n) is 6.13. The van der Waals surface area contributed by atoms with Crippen molar-refractivity contribution in [3.8, 4) is 22.3 Å². The first-order valence-electron chi connectivity index (χ1n) is 16.9. The first-order valence-corrected chi connectivity index (χ1v) is 17.6.